The Balaban J connectivity index is 1.77. The first-order chi connectivity index (χ1) is 16.3. The lowest BCUT2D eigenvalue weighted by Gasteiger charge is -2.14. The average Bonchev–Trinajstić information content (AvgIpc) is 3.25. The molecule has 0 saturated carbocycles. The number of ether oxygens (including phenoxy) is 2. The minimum atomic E-state index is -1.04. The maximum absolute atomic E-state index is 13.5. The SMILES string of the molecule is COc1ccccc1-c1coc2c(C)c(OC)c(/C(C)=C/C(=O)Nc3ccc(F)c(F)c3)cc12. The molecule has 0 saturated heterocycles. The number of hydrogen-bond donors (Lipinski definition) is 1. The third-order valence-corrected chi connectivity index (χ3v) is 5.60. The van der Waals surface area contributed by atoms with Crippen molar-refractivity contribution >= 4 is 28.1 Å². The summed E-state index contributed by atoms with van der Waals surface area (Å²) in [6.07, 6.45) is 3.06. The number of para-hydroxylation sites is 1. The summed E-state index contributed by atoms with van der Waals surface area (Å²) in [5.41, 5.74) is 4.64. The van der Waals surface area contributed by atoms with Crippen LogP contribution in [0.25, 0.3) is 27.7 Å². The van der Waals surface area contributed by atoms with Gasteiger partial charge < -0.3 is 19.2 Å². The predicted molar refractivity (Wildman–Crippen MR) is 128 cm³/mol. The van der Waals surface area contributed by atoms with Crippen LogP contribution in [-0.4, -0.2) is 20.1 Å². The van der Waals surface area contributed by atoms with E-state index in [0.29, 0.717) is 28.2 Å². The number of methoxy groups -OCH3 is 2. The number of carbonyl (C=O) groups is 1. The molecule has 0 spiro atoms. The molecular weight excluding hydrogens is 440 g/mol. The van der Waals surface area contributed by atoms with E-state index in [0.717, 1.165) is 34.2 Å². The van der Waals surface area contributed by atoms with Gasteiger partial charge in [0.15, 0.2) is 11.6 Å². The van der Waals surface area contributed by atoms with Crippen LogP contribution in [0, 0.1) is 18.6 Å². The Morgan fingerprint density at radius 1 is 1.00 bits per heavy atom. The Hall–Kier alpha value is -4.13. The van der Waals surface area contributed by atoms with Crippen molar-refractivity contribution in [3.05, 3.63) is 83.6 Å². The minimum absolute atomic E-state index is 0.153. The van der Waals surface area contributed by atoms with Crippen molar-refractivity contribution in [1.29, 1.82) is 0 Å². The van der Waals surface area contributed by atoms with E-state index in [1.165, 1.54) is 12.1 Å². The van der Waals surface area contributed by atoms with Crippen molar-refractivity contribution in [1.82, 2.24) is 0 Å². The molecule has 0 aliphatic heterocycles. The number of nitrogens with one attached hydrogen (secondary N) is 1. The van der Waals surface area contributed by atoms with Gasteiger partial charge in [0.05, 0.1) is 20.5 Å². The maximum Gasteiger partial charge on any atom is 0.248 e. The molecule has 34 heavy (non-hydrogen) atoms. The molecule has 1 heterocycles. The summed E-state index contributed by atoms with van der Waals surface area (Å²) in [6.45, 7) is 3.66. The van der Waals surface area contributed by atoms with Gasteiger partial charge in [-0.1, -0.05) is 18.2 Å². The monoisotopic (exact) mass is 463 g/mol. The fourth-order valence-corrected chi connectivity index (χ4v) is 3.97. The first-order valence-corrected chi connectivity index (χ1v) is 10.5. The van der Waals surface area contributed by atoms with Gasteiger partial charge in [-0.2, -0.15) is 0 Å². The fraction of sp³-hybridized carbons (Fsp3) is 0.148. The summed E-state index contributed by atoms with van der Waals surface area (Å²) >= 11 is 0. The first-order valence-electron chi connectivity index (χ1n) is 10.5. The van der Waals surface area contributed by atoms with Gasteiger partial charge in [-0.25, -0.2) is 8.78 Å². The molecular formula is C27H23F2NO4. The Morgan fingerprint density at radius 2 is 1.76 bits per heavy atom. The second-order valence-corrected chi connectivity index (χ2v) is 7.75. The molecule has 5 nitrogen and oxygen atoms in total. The van der Waals surface area contributed by atoms with Crippen LogP contribution >= 0.6 is 0 Å². The summed E-state index contributed by atoms with van der Waals surface area (Å²) in [4.78, 5) is 12.6. The molecule has 0 radical (unpaired) electrons. The average molecular weight is 463 g/mol. The number of allylic oxidation sites excluding steroid dienone is 1. The first kappa shape index (κ1) is 23.0. The predicted octanol–water partition coefficient (Wildman–Crippen LogP) is 6.75. The molecule has 4 aromatic rings. The second-order valence-electron chi connectivity index (χ2n) is 7.75. The molecule has 0 fully saturated rings. The van der Waals surface area contributed by atoms with Gasteiger partial charge in [0.2, 0.25) is 5.91 Å². The number of fused-ring (bicyclic) bond motifs is 1. The van der Waals surface area contributed by atoms with Crippen molar-refractivity contribution in [2.24, 2.45) is 0 Å². The van der Waals surface area contributed by atoms with Gasteiger partial charge in [-0.05, 0) is 43.7 Å². The summed E-state index contributed by atoms with van der Waals surface area (Å²) in [6, 6.07) is 12.7. The van der Waals surface area contributed by atoms with Gasteiger partial charge >= 0.3 is 0 Å². The largest absolute Gasteiger partial charge is 0.496 e. The third-order valence-electron chi connectivity index (χ3n) is 5.60. The molecule has 7 heteroatoms. The Morgan fingerprint density at radius 3 is 2.47 bits per heavy atom. The summed E-state index contributed by atoms with van der Waals surface area (Å²) in [7, 11) is 3.16. The van der Waals surface area contributed by atoms with Gasteiger partial charge in [0.1, 0.15) is 17.1 Å². The maximum atomic E-state index is 13.5. The topological polar surface area (TPSA) is 60.7 Å². The molecule has 174 valence electrons. The van der Waals surface area contributed by atoms with Crippen molar-refractivity contribution in [2.45, 2.75) is 13.8 Å². The minimum Gasteiger partial charge on any atom is -0.496 e. The number of furan rings is 1. The van der Waals surface area contributed by atoms with E-state index in [1.54, 1.807) is 27.4 Å². The molecule has 1 aromatic heterocycles. The number of benzene rings is 3. The molecule has 0 aliphatic rings. The highest BCUT2D eigenvalue weighted by Crippen LogP contribution is 2.42. The van der Waals surface area contributed by atoms with Crippen molar-refractivity contribution < 1.29 is 27.5 Å². The molecule has 0 bridgehead atoms. The van der Waals surface area contributed by atoms with E-state index < -0.39 is 17.5 Å². The van der Waals surface area contributed by atoms with Crippen LogP contribution in [0.3, 0.4) is 0 Å². The van der Waals surface area contributed by atoms with Crippen LogP contribution < -0.4 is 14.8 Å². The number of halogens is 2. The zero-order chi connectivity index (χ0) is 24.4. The van der Waals surface area contributed by atoms with Gasteiger partial charge in [0, 0.05) is 45.5 Å². The van der Waals surface area contributed by atoms with Crippen LogP contribution in [0.4, 0.5) is 14.5 Å². The lowest BCUT2D eigenvalue weighted by atomic mass is 9.96. The summed E-state index contributed by atoms with van der Waals surface area (Å²) in [5.74, 6) is -1.23. The van der Waals surface area contributed by atoms with Crippen LogP contribution in [0.2, 0.25) is 0 Å². The van der Waals surface area contributed by atoms with Crippen LogP contribution in [-0.2, 0) is 4.79 Å². The number of carbonyl (C=O) groups excluding carboxylic acids is 1. The highest BCUT2D eigenvalue weighted by atomic mass is 19.2. The molecule has 1 N–H and O–H groups in total. The lowest BCUT2D eigenvalue weighted by Crippen LogP contribution is -2.09. The van der Waals surface area contributed by atoms with E-state index in [1.807, 2.05) is 37.3 Å². The van der Waals surface area contributed by atoms with Crippen LogP contribution in [0.5, 0.6) is 11.5 Å². The van der Waals surface area contributed by atoms with E-state index in [9.17, 15) is 13.6 Å². The molecule has 0 unspecified atom stereocenters. The summed E-state index contributed by atoms with van der Waals surface area (Å²) in [5, 5.41) is 3.39. The van der Waals surface area contributed by atoms with Gasteiger partial charge in [-0.3, -0.25) is 4.79 Å². The number of aryl methyl sites for hydroxylation is 1. The smallest absolute Gasteiger partial charge is 0.248 e. The normalized spacial score (nSPS) is 11.5. The Kier molecular flexibility index (Phi) is 6.36. The second kappa shape index (κ2) is 9.39. The highest BCUT2D eigenvalue weighted by molar-refractivity contribution is 6.06. The van der Waals surface area contributed by atoms with Crippen molar-refractivity contribution in [3.63, 3.8) is 0 Å². The number of anilines is 1. The fourth-order valence-electron chi connectivity index (χ4n) is 3.97. The number of amides is 1. The van der Waals surface area contributed by atoms with Crippen LogP contribution in [0.1, 0.15) is 18.1 Å². The van der Waals surface area contributed by atoms with E-state index in [4.69, 9.17) is 13.9 Å². The Bertz CT molecular complexity index is 1420. The zero-order valence-electron chi connectivity index (χ0n) is 19.2. The molecule has 4 rings (SSSR count). The van der Waals surface area contributed by atoms with E-state index in [2.05, 4.69) is 5.32 Å². The molecule has 0 atom stereocenters. The number of hydrogen-bond acceptors (Lipinski definition) is 4. The molecule has 0 aliphatic carbocycles. The molecule has 1 amide bonds. The summed E-state index contributed by atoms with van der Waals surface area (Å²) < 4.78 is 43.7. The van der Waals surface area contributed by atoms with Crippen molar-refractivity contribution in [2.75, 3.05) is 19.5 Å². The van der Waals surface area contributed by atoms with Gasteiger partial charge in [-0.15, -0.1) is 0 Å². The highest BCUT2D eigenvalue weighted by Gasteiger charge is 2.20. The molecule has 3 aromatic carbocycles. The standard InChI is InChI=1S/C27H23F2NO4/c1-15(11-25(31)30-17-9-10-22(28)23(29)12-17)19-13-20-21(18-7-5-6-8-24(18)32-3)14-34-27(20)16(2)26(19)33-4/h5-14H,1-4H3,(H,30,31)/b15-11+. The lowest BCUT2D eigenvalue weighted by molar-refractivity contribution is -0.111. The third kappa shape index (κ3) is 4.24. The Labute approximate surface area is 195 Å². The van der Waals surface area contributed by atoms with E-state index >= 15 is 0 Å². The van der Waals surface area contributed by atoms with Crippen molar-refractivity contribution in [3.8, 4) is 22.6 Å². The number of rotatable bonds is 6. The zero-order valence-corrected chi connectivity index (χ0v) is 19.2. The van der Waals surface area contributed by atoms with Crippen LogP contribution in [0.15, 0.2) is 65.3 Å². The quantitative estimate of drug-likeness (QED) is 0.322. The van der Waals surface area contributed by atoms with Gasteiger partial charge in [0.25, 0.3) is 0 Å². The van der Waals surface area contributed by atoms with E-state index in [-0.39, 0.29) is 5.69 Å².